The standard InChI is InChI=1S/C14H27NO/c1-13(9-10-13)14(2,11-16)15-12-7-5-3-4-6-8-12/h12,15-16H,3-11H2,1-2H3. The van der Waals surface area contributed by atoms with Crippen molar-refractivity contribution in [2.45, 2.75) is 76.8 Å². The number of hydrogen-bond acceptors (Lipinski definition) is 2. The van der Waals surface area contributed by atoms with Gasteiger partial charge in [0.2, 0.25) is 0 Å². The molecule has 0 aromatic heterocycles. The van der Waals surface area contributed by atoms with Crippen LogP contribution in [-0.2, 0) is 0 Å². The molecule has 2 fully saturated rings. The van der Waals surface area contributed by atoms with E-state index in [2.05, 4.69) is 19.2 Å². The van der Waals surface area contributed by atoms with Gasteiger partial charge in [0.1, 0.15) is 0 Å². The van der Waals surface area contributed by atoms with E-state index in [9.17, 15) is 5.11 Å². The first kappa shape index (κ1) is 12.4. The minimum Gasteiger partial charge on any atom is -0.394 e. The third-order valence-corrected chi connectivity index (χ3v) is 5.03. The van der Waals surface area contributed by atoms with Gasteiger partial charge in [-0.15, -0.1) is 0 Å². The number of rotatable bonds is 4. The lowest BCUT2D eigenvalue weighted by atomic mass is 9.83. The van der Waals surface area contributed by atoms with E-state index < -0.39 is 0 Å². The van der Waals surface area contributed by atoms with Gasteiger partial charge in [-0.25, -0.2) is 0 Å². The minimum atomic E-state index is -0.0536. The first-order valence-electron chi connectivity index (χ1n) is 6.98. The Labute approximate surface area is 99.8 Å². The Morgan fingerprint density at radius 3 is 2.19 bits per heavy atom. The van der Waals surface area contributed by atoms with Crippen LogP contribution in [0, 0.1) is 5.41 Å². The summed E-state index contributed by atoms with van der Waals surface area (Å²) in [4.78, 5) is 0. The van der Waals surface area contributed by atoms with E-state index in [4.69, 9.17) is 0 Å². The summed E-state index contributed by atoms with van der Waals surface area (Å²) in [6, 6.07) is 0.636. The summed E-state index contributed by atoms with van der Waals surface area (Å²) < 4.78 is 0. The van der Waals surface area contributed by atoms with Crippen molar-refractivity contribution in [3.63, 3.8) is 0 Å². The molecule has 0 aromatic rings. The molecule has 1 unspecified atom stereocenters. The molecule has 2 aliphatic rings. The molecule has 2 saturated carbocycles. The van der Waals surface area contributed by atoms with Gasteiger partial charge in [-0.2, -0.15) is 0 Å². The topological polar surface area (TPSA) is 32.3 Å². The molecule has 94 valence electrons. The van der Waals surface area contributed by atoms with Gasteiger partial charge in [-0.1, -0.05) is 32.6 Å². The van der Waals surface area contributed by atoms with Crippen LogP contribution in [0.2, 0.25) is 0 Å². The van der Waals surface area contributed by atoms with Crippen molar-refractivity contribution in [3.05, 3.63) is 0 Å². The highest BCUT2D eigenvalue weighted by atomic mass is 16.3. The molecular weight excluding hydrogens is 198 g/mol. The first-order chi connectivity index (χ1) is 7.60. The van der Waals surface area contributed by atoms with Crippen LogP contribution in [0.3, 0.4) is 0 Å². The maximum atomic E-state index is 9.70. The van der Waals surface area contributed by atoms with Crippen molar-refractivity contribution in [1.82, 2.24) is 5.32 Å². The fourth-order valence-electron chi connectivity index (χ4n) is 3.02. The number of nitrogens with one attached hydrogen (secondary N) is 1. The zero-order valence-electron chi connectivity index (χ0n) is 10.9. The second kappa shape index (κ2) is 4.66. The molecule has 0 amide bonds. The third kappa shape index (κ3) is 2.43. The maximum absolute atomic E-state index is 9.70. The Kier molecular flexibility index (Phi) is 3.60. The summed E-state index contributed by atoms with van der Waals surface area (Å²) in [7, 11) is 0. The minimum absolute atomic E-state index is 0.0536. The fraction of sp³-hybridized carbons (Fsp3) is 1.00. The molecule has 16 heavy (non-hydrogen) atoms. The molecule has 2 rings (SSSR count). The lowest BCUT2D eigenvalue weighted by molar-refractivity contribution is 0.0975. The Bertz CT molecular complexity index is 229. The molecular formula is C14H27NO. The number of aliphatic hydroxyl groups is 1. The summed E-state index contributed by atoms with van der Waals surface area (Å²) in [5, 5.41) is 13.5. The molecule has 0 heterocycles. The van der Waals surface area contributed by atoms with Crippen molar-refractivity contribution >= 4 is 0 Å². The Balaban J connectivity index is 1.94. The van der Waals surface area contributed by atoms with E-state index in [0.717, 1.165) is 0 Å². The van der Waals surface area contributed by atoms with Gasteiger partial charge in [0.15, 0.2) is 0 Å². The quantitative estimate of drug-likeness (QED) is 0.721. The van der Waals surface area contributed by atoms with E-state index >= 15 is 0 Å². The van der Waals surface area contributed by atoms with Crippen molar-refractivity contribution in [2.75, 3.05) is 6.61 Å². The lowest BCUT2D eigenvalue weighted by Gasteiger charge is -2.39. The largest absolute Gasteiger partial charge is 0.394 e. The van der Waals surface area contributed by atoms with E-state index in [1.165, 1.54) is 51.4 Å². The second-order valence-electron chi connectivity index (χ2n) is 6.38. The second-order valence-corrected chi connectivity index (χ2v) is 6.38. The zero-order chi connectivity index (χ0) is 11.6. The fourth-order valence-corrected chi connectivity index (χ4v) is 3.02. The molecule has 0 radical (unpaired) electrons. The predicted molar refractivity (Wildman–Crippen MR) is 67.5 cm³/mol. The molecule has 2 N–H and O–H groups in total. The van der Waals surface area contributed by atoms with Gasteiger partial charge >= 0.3 is 0 Å². The molecule has 2 aliphatic carbocycles. The van der Waals surface area contributed by atoms with Crippen molar-refractivity contribution in [2.24, 2.45) is 5.41 Å². The van der Waals surface area contributed by atoms with Crippen molar-refractivity contribution < 1.29 is 5.11 Å². The van der Waals surface area contributed by atoms with Crippen LogP contribution in [0.15, 0.2) is 0 Å². The van der Waals surface area contributed by atoms with Gasteiger partial charge in [-0.3, -0.25) is 0 Å². The number of hydrogen-bond donors (Lipinski definition) is 2. The van der Waals surface area contributed by atoms with Gasteiger partial charge in [0, 0.05) is 11.6 Å². The van der Waals surface area contributed by atoms with Crippen molar-refractivity contribution in [1.29, 1.82) is 0 Å². The summed E-state index contributed by atoms with van der Waals surface area (Å²) in [6.07, 6.45) is 10.6. The van der Waals surface area contributed by atoms with Crippen molar-refractivity contribution in [3.8, 4) is 0 Å². The predicted octanol–water partition coefficient (Wildman–Crippen LogP) is 2.85. The van der Waals surface area contributed by atoms with Crippen LogP contribution in [0.1, 0.15) is 65.2 Å². The van der Waals surface area contributed by atoms with E-state index in [-0.39, 0.29) is 12.1 Å². The highest BCUT2D eigenvalue weighted by Crippen LogP contribution is 2.53. The van der Waals surface area contributed by atoms with E-state index in [1.54, 1.807) is 0 Å². The molecule has 2 heteroatoms. The van der Waals surface area contributed by atoms with E-state index in [1.807, 2.05) is 0 Å². The smallest absolute Gasteiger partial charge is 0.0616 e. The molecule has 0 bridgehead atoms. The summed E-state index contributed by atoms with van der Waals surface area (Å²) in [5.41, 5.74) is 0.288. The summed E-state index contributed by atoms with van der Waals surface area (Å²) >= 11 is 0. The lowest BCUT2D eigenvalue weighted by Crippen LogP contribution is -2.56. The molecule has 0 aliphatic heterocycles. The van der Waals surface area contributed by atoms with E-state index in [0.29, 0.717) is 11.5 Å². The van der Waals surface area contributed by atoms with Crippen LogP contribution in [0.5, 0.6) is 0 Å². The highest BCUT2D eigenvalue weighted by molar-refractivity contribution is 5.08. The van der Waals surface area contributed by atoms with Gasteiger partial charge < -0.3 is 10.4 Å². The maximum Gasteiger partial charge on any atom is 0.0616 e. The van der Waals surface area contributed by atoms with Gasteiger partial charge in [0.25, 0.3) is 0 Å². The van der Waals surface area contributed by atoms with Crippen LogP contribution in [0.25, 0.3) is 0 Å². The van der Waals surface area contributed by atoms with Gasteiger partial charge in [-0.05, 0) is 38.0 Å². The Hall–Kier alpha value is -0.0800. The van der Waals surface area contributed by atoms with Crippen LogP contribution < -0.4 is 5.32 Å². The first-order valence-corrected chi connectivity index (χ1v) is 6.98. The molecule has 1 atom stereocenters. The van der Waals surface area contributed by atoms with Gasteiger partial charge in [0.05, 0.1) is 6.61 Å². The zero-order valence-corrected chi connectivity index (χ0v) is 10.9. The third-order valence-electron chi connectivity index (χ3n) is 5.03. The van der Waals surface area contributed by atoms with Crippen LogP contribution in [0.4, 0.5) is 0 Å². The Morgan fingerprint density at radius 2 is 1.75 bits per heavy atom. The average Bonchev–Trinajstić information content (AvgIpc) is 3.04. The normalized spacial score (nSPS) is 29.4. The summed E-state index contributed by atoms with van der Waals surface area (Å²) in [5.74, 6) is 0. The Morgan fingerprint density at radius 1 is 1.19 bits per heavy atom. The molecule has 0 spiro atoms. The molecule has 2 nitrogen and oxygen atoms in total. The average molecular weight is 225 g/mol. The summed E-state index contributed by atoms with van der Waals surface area (Å²) in [6.45, 7) is 4.80. The molecule has 0 saturated heterocycles. The van der Waals surface area contributed by atoms with Crippen LogP contribution in [-0.4, -0.2) is 23.3 Å². The number of aliphatic hydroxyl groups excluding tert-OH is 1. The molecule has 0 aromatic carbocycles. The SMILES string of the molecule is CC1(C(C)(CO)NC2CCCCCC2)CC1. The monoisotopic (exact) mass is 225 g/mol. The highest BCUT2D eigenvalue weighted by Gasteiger charge is 2.53. The van der Waals surface area contributed by atoms with Crippen LogP contribution >= 0.6 is 0 Å².